The van der Waals surface area contributed by atoms with E-state index in [0.717, 1.165) is 22.1 Å². The van der Waals surface area contributed by atoms with Gasteiger partial charge in [-0.3, -0.25) is 4.79 Å². The summed E-state index contributed by atoms with van der Waals surface area (Å²) >= 11 is 3.45. The second-order valence-electron chi connectivity index (χ2n) is 8.98. The molecule has 0 saturated heterocycles. The molecule has 0 fully saturated rings. The highest BCUT2D eigenvalue weighted by molar-refractivity contribution is 9.10. The van der Waals surface area contributed by atoms with Crippen molar-refractivity contribution in [3.63, 3.8) is 0 Å². The van der Waals surface area contributed by atoms with E-state index in [-0.39, 0.29) is 18.1 Å². The third-order valence-electron chi connectivity index (χ3n) is 6.23. The number of ether oxygens (including phenoxy) is 1. The fourth-order valence-electron chi connectivity index (χ4n) is 3.84. The highest BCUT2D eigenvalue weighted by atomic mass is 79.9. The number of benzene rings is 3. The molecule has 0 bridgehead atoms. The predicted molar refractivity (Wildman–Crippen MR) is 152 cm³/mol. The zero-order valence-electron chi connectivity index (χ0n) is 21.3. The Morgan fingerprint density at radius 3 is 2.70 bits per heavy atom. The van der Waals surface area contributed by atoms with Crippen LogP contribution in [0.15, 0.2) is 75.0 Å². The molecule has 0 aliphatic rings. The van der Waals surface area contributed by atoms with E-state index < -0.39 is 0 Å². The average molecular weight is 558 g/mol. The number of halogens is 1. The number of nitrogens with zero attached hydrogens (tertiary/aromatic N) is 5. The molecule has 0 unspecified atom stereocenters. The van der Waals surface area contributed by atoms with E-state index in [9.17, 15) is 10.1 Å². The van der Waals surface area contributed by atoms with Crippen LogP contribution in [0.3, 0.4) is 0 Å². The summed E-state index contributed by atoms with van der Waals surface area (Å²) in [5, 5.41) is 14.5. The first-order valence-corrected chi connectivity index (χ1v) is 12.8. The molecule has 0 aliphatic carbocycles. The number of anilines is 1. The fourth-order valence-corrected chi connectivity index (χ4v) is 4.20. The molecule has 1 atom stereocenters. The van der Waals surface area contributed by atoms with Crippen molar-refractivity contribution in [2.75, 3.05) is 19.0 Å². The van der Waals surface area contributed by atoms with E-state index in [1.54, 1.807) is 18.3 Å². The maximum absolute atomic E-state index is 13.5. The lowest BCUT2D eigenvalue weighted by Crippen LogP contribution is -2.23. The quantitative estimate of drug-likeness (QED) is 0.245. The third kappa shape index (κ3) is 5.73. The second-order valence-corrected chi connectivity index (χ2v) is 9.89. The van der Waals surface area contributed by atoms with E-state index in [2.05, 4.69) is 34.0 Å². The molecule has 8 heteroatoms. The normalized spacial score (nSPS) is 12.0. The van der Waals surface area contributed by atoms with Gasteiger partial charge in [-0.1, -0.05) is 48.0 Å². The maximum atomic E-state index is 13.5. The second kappa shape index (κ2) is 11.4. The summed E-state index contributed by atoms with van der Waals surface area (Å²) in [6, 6.07) is 20.8. The van der Waals surface area contributed by atoms with Gasteiger partial charge in [-0.15, -0.1) is 0 Å². The van der Waals surface area contributed by atoms with Crippen LogP contribution in [-0.2, 0) is 6.61 Å². The monoisotopic (exact) mass is 557 g/mol. The van der Waals surface area contributed by atoms with Gasteiger partial charge in [0.2, 0.25) is 0 Å². The van der Waals surface area contributed by atoms with Gasteiger partial charge in [0, 0.05) is 47.4 Å². The lowest BCUT2D eigenvalue weighted by atomic mass is 10.1. The first kappa shape index (κ1) is 26.1. The minimum atomic E-state index is -0.229. The zero-order valence-corrected chi connectivity index (χ0v) is 22.9. The van der Waals surface area contributed by atoms with E-state index >= 15 is 0 Å². The van der Waals surface area contributed by atoms with Crippen molar-refractivity contribution >= 4 is 38.7 Å². The molecule has 0 aliphatic heterocycles. The molecule has 3 aromatic carbocycles. The van der Waals surface area contributed by atoms with Gasteiger partial charge >= 0.3 is 0 Å². The van der Waals surface area contributed by atoms with Crippen molar-refractivity contribution in [3.8, 4) is 11.8 Å². The van der Waals surface area contributed by atoms with Gasteiger partial charge in [0.25, 0.3) is 5.56 Å². The van der Waals surface area contributed by atoms with Gasteiger partial charge in [-0.05, 0) is 42.8 Å². The maximum Gasteiger partial charge on any atom is 0.282 e. The molecule has 4 aromatic rings. The Morgan fingerprint density at radius 2 is 1.97 bits per heavy atom. The summed E-state index contributed by atoms with van der Waals surface area (Å²) in [6.45, 7) is 4.32. The van der Waals surface area contributed by atoms with Crippen LogP contribution in [0, 0.1) is 11.3 Å². The first-order valence-electron chi connectivity index (χ1n) is 12.0. The number of nitriles is 1. The Balaban J connectivity index is 1.78. The summed E-state index contributed by atoms with van der Waals surface area (Å²) in [4.78, 5) is 20.2. The van der Waals surface area contributed by atoms with Gasteiger partial charge in [0.15, 0.2) is 0 Å². The number of aromatic nitrogens is 2. The van der Waals surface area contributed by atoms with Crippen molar-refractivity contribution in [3.05, 3.63) is 98.0 Å². The Bertz CT molecular complexity index is 1570. The van der Waals surface area contributed by atoms with Crippen LogP contribution < -0.4 is 15.2 Å². The molecule has 7 nitrogen and oxygen atoms in total. The van der Waals surface area contributed by atoms with Gasteiger partial charge in [0.05, 0.1) is 28.8 Å². The van der Waals surface area contributed by atoms with Crippen LogP contribution >= 0.6 is 15.9 Å². The Hall–Kier alpha value is -3.96. The topological polar surface area (TPSA) is 83.5 Å². The number of fused-ring (bicyclic) bond motifs is 1. The zero-order chi connectivity index (χ0) is 26.5. The van der Waals surface area contributed by atoms with Crippen molar-refractivity contribution < 1.29 is 4.74 Å². The SMILES string of the molecule is CC[C@@H](C)c1nc2ccc(Br)cc2c(=O)n1N=Cc1ccc(N(C)C)cc1OCc1ccccc1C#N. The van der Waals surface area contributed by atoms with Crippen LogP contribution in [0.4, 0.5) is 5.69 Å². The average Bonchev–Trinajstić information content (AvgIpc) is 2.91. The molecule has 0 N–H and O–H groups in total. The molecule has 0 spiro atoms. The van der Waals surface area contributed by atoms with Gasteiger partial charge in [0.1, 0.15) is 18.2 Å². The minimum Gasteiger partial charge on any atom is -0.488 e. The van der Waals surface area contributed by atoms with E-state index in [1.165, 1.54) is 4.68 Å². The molecule has 4 rings (SSSR count). The van der Waals surface area contributed by atoms with E-state index in [4.69, 9.17) is 9.72 Å². The molecule has 188 valence electrons. The van der Waals surface area contributed by atoms with Crippen molar-refractivity contribution in [1.29, 1.82) is 5.26 Å². The standard InChI is InChI=1S/C29H28BrN5O2/c1-5-19(2)28-33-26-13-11-23(30)14-25(26)29(36)35(28)32-17-21-10-12-24(34(3)4)15-27(21)37-18-22-9-7-6-8-20(22)16-31/h6-15,17,19H,5,18H2,1-4H3/t19-/m1/s1. The van der Waals surface area contributed by atoms with Crippen LogP contribution in [0.5, 0.6) is 5.75 Å². The van der Waals surface area contributed by atoms with Crippen LogP contribution in [0.1, 0.15) is 48.7 Å². The minimum absolute atomic E-state index is 0.0345. The molecular formula is C29H28BrN5O2. The van der Waals surface area contributed by atoms with Crippen LogP contribution in [0.2, 0.25) is 0 Å². The number of rotatable bonds is 8. The Morgan fingerprint density at radius 1 is 1.19 bits per heavy atom. The smallest absolute Gasteiger partial charge is 0.282 e. The summed E-state index contributed by atoms with van der Waals surface area (Å²) in [6.07, 6.45) is 2.44. The first-order chi connectivity index (χ1) is 17.8. The van der Waals surface area contributed by atoms with Gasteiger partial charge in [-0.25, -0.2) is 4.98 Å². The summed E-state index contributed by atoms with van der Waals surface area (Å²) in [5.74, 6) is 1.23. The van der Waals surface area contributed by atoms with Gasteiger partial charge < -0.3 is 9.64 Å². The Labute approximate surface area is 224 Å². The lowest BCUT2D eigenvalue weighted by Gasteiger charge is -2.17. The van der Waals surface area contributed by atoms with Crippen LogP contribution in [0.25, 0.3) is 10.9 Å². The highest BCUT2D eigenvalue weighted by Gasteiger charge is 2.16. The largest absolute Gasteiger partial charge is 0.488 e. The fraction of sp³-hybridized carbons (Fsp3) is 0.241. The molecule has 1 aromatic heterocycles. The molecule has 37 heavy (non-hydrogen) atoms. The van der Waals surface area contributed by atoms with Crippen molar-refractivity contribution in [1.82, 2.24) is 9.66 Å². The van der Waals surface area contributed by atoms with Crippen molar-refractivity contribution in [2.24, 2.45) is 5.10 Å². The highest BCUT2D eigenvalue weighted by Crippen LogP contribution is 2.26. The molecule has 0 amide bonds. The van der Waals surface area contributed by atoms with Crippen molar-refractivity contribution in [2.45, 2.75) is 32.8 Å². The lowest BCUT2D eigenvalue weighted by molar-refractivity contribution is 0.305. The molecule has 0 radical (unpaired) electrons. The predicted octanol–water partition coefficient (Wildman–Crippen LogP) is 6.07. The Kier molecular flexibility index (Phi) is 8.04. The summed E-state index contributed by atoms with van der Waals surface area (Å²) < 4.78 is 8.37. The number of hydrogen-bond acceptors (Lipinski definition) is 6. The van der Waals surface area contributed by atoms with E-state index in [0.29, 0.717) is 33.6 Å². The molecular weight excluding hydrogens is 530 g/mol. The number of hydrogen-bond donors (Lipinski definition) is 0. The molecule has 0 saturated carbocycles. The third-order valence-corrected chi connectivity index (χ3v) is 6.73. The van der Waals surface area contributed by atoms with E-state index in [1.807, 2.05) is 74.4 Å². The summed E-state index contributed by atoms with van der Waals surface area (Å²) in [7, 11) is 3.91. The molecule has 1 heterocycles. The van der Waals surface area contributed by atoms with Crippen LogP contribution in [-0.4, -0.2) is 30.0 Å². The summed E-state index contributed by atoms with van der Waals surface area (Å²) in [5.41, 5.74) is 3.44. The van der Waals surface area contributed by atoms with Gasteiger partial charge in [-0.2, -0.15) is 15.0 Å².